The van der Waals surface area contributed by atoms with Crippen LogP contribution in [-0.2, 0) is 25.7 Å². The summed E-state index contributed by atoms with van der Waals surface area (Å²) in [5.41, 5.74) is 6.77. The third-order valence-electron chi connectivity index (χ3n) is 5.60. The smallest absolute Gasteiger partial charge is 0.428 e. The summed E-state index contributed by atoms with van der Waals surface area (Å²) < 4.78 is 10.5. The highest BCUT2D eigenvalue weighted by Gasteiger charge is 2.28. The SMILES string of the molecule is CC(=O)N(NC(=O)Nc1ccc(C=NNC(=O)OC(C)(C)C)cc1)C(CC(=O)OCc1ccccc1)c1ccccc1. The predicted molar refractivity (Wildman–Crippen MR) is 158 cm³/mol. The summed E-state index contributed by atoms with van der Waals surface area (Å²) in [4.78, 5) is 50.0. The van der Waals surface area contributed by atoms with Crippen molar-refractivity contribution in [1.29, 1.82) is 0 Å². The fourth-order valence-electron chi connectivity index (χ4n) is 3.75. The Bertz CT molecular complexity index is 1370. The van der Waals surface area contributed by atoms with E-state index in [1.165, 1.54) is 13.1 Å². The van der Waals surface area contributed by atoms with E-state index < -0.39 is 35.6 Å². The van der Waals surface area contributed by atoms with Crippen LogP contribution in [-0.4, -0.2) is 40.8 Å². The van der Waals surface area contributed by atoms with E-state index in [1.807, 2.05) is 36.4 Å². The van der Waals surface area contributed by atoms with E-state index in [0.29, 0.717) is 16.8 Å². The van der Waals surface area contributed by atoms with Crippen molar-refractivity contribution in [3.63, 3.8) is 0 Å². The number of carbonyl (C=O) groups is 4. The van der Waals surface area contributed by atoms with Crippen LogP contribution in [0.4, 0.5) is 15.3 Å². The minimum absolute atomic E-state index is 0.0902. The number of urea groups is 1. The molecule has 1 unspecified atom stereocenters. The number of ether oxygens (including phenoxy) is 2. The highest BCUT2D eigenvalue weighted by Crippen LogP contribution is 2.24. The molecule has 0 saturated heterocycles. The molecule has 0 spiro atoms. The lowest BCUT2D eigenvalue weighted by atomic mass is 10.0. The van der Waals surface area contributed by atoms with Gasteiger partial charge in [-0.25, -0.2) is 25.4 Å². The van der Waals surface area contributed by atoms with Gasteiger partial charge in [0.2, 0.25) is 5.91 Å². The van der Waals surface area contributed by atoms with Gasteiger partial charge in [-0.15, -0.1) is 0 Å². The largest absolute Gasteiger partial charge is 0.461 e. The normalized spacial score (nSPS) is 11.7. The number of hydrogen-bond acceptors (Lipinski definition) is 7. The zero-order valence-electron chi connectivity index (χ0n) is 24.0. The van der Waals surface area contributed by atoms with Crippen molar-refractivity contribution in [2.45, 2.75) is 52.4 Å². The van der Waals surface area contributed by atoms with Gasteiger partial charge in [-0.2, -0.15) is 5.10 Å². The van der Waals surface area contributed by atoms with Gasteiger partial charge in [0.25, 0.3) is 0 Å². The minimum atomic E-state index is -0.811. The molecular formula is C31H35N5O6. The Hall–Kier alpha value is -5.19. The van der Waals surface area contributed by atoms with Crippen molar-refractivity contribution >= 4 is 35.9 Å². The average molecular weight is 574 g/mol. The van der Waals surface area contributed by atoms with Gasteiger partial charge in [-0.05, 0) is 49.6 Å². The average Bonchev–Trinajstić information content (AvgIpc) is 2.94. The maximum atomic E-state index is 12.9. The van der Waals surface area contributed by atoms with E-state index in [9.17, 15) is 19.2 Å². The van der Waals surface area contributed by atoms with Gasteiger partial charge in [0.15, 0.2) is 0 Å². The molecular weight excluding hydrogens is 538 g/mol. The first-order valence-corrected chi connectivity index (χ1v) is 13.2. The lowest BCUT2D eigenvalue weighted by Gasteiger charge is -2.31. The number of amides is 4. The molecule has 220 valence electrons. The molecule has 11 heteroatoms. The van der Waals surface area contributed by atoms with E-state index in [-0.39, 0.29) is 13.0 Å². The zero-order valence-corrected chi connectivity index (χ0v) is 24.0. The molecule has 0 aliphatic rings. The second-order valence-corrected chi connectivity index (χ2v) is 10.2. The molecule has 0 aliphatic carbocycles. The molecule has 3 rings (SSSR count). The molecule has 11 nitrogen and oxygen atoms in total. The quantitative estimate of drug-likeness (QED) is 0.180. The summed E-state index contributed by atoms with van der Waals surface area (Å²) in [6.45, 7) is 6.63. The van der Waals surface area contributed by atoms with Crippen LogP contribution in [0.1, 0.15) is 56.8 Å². The minimum Gasteiger partial charge on any atom is -0.461 e. The summed E-state index contributed by atoms with van der Waals surface area (Å²) in [7, 11) is 0. The Morgan fingerprint density at radius 1 is 0.905 bits per heavy atom. The third kappa shape index (κ3) is 10.8. The van der Waals surface area contributed by atoms with Gasteiger partial charge in [0, 0.05) is 12.6 Å². The number of anilines is 1. The van der Waals surface area contributed by atoms with Gasteiger partial charge in [0.05, 0.1) is 18.7 Å². The number of benzene rings is 3. The fourth-order valence-corrected chi connectivity index (χ4v) is 3.75. The monoisotopic (exact) mass is 573 g/mol. The molecule has 3 aromatic carbocycles. The molecule has 0 saturated carbocycles. The fraction of sp³-hybridized carbons (Fsp3) is 0.258. The van der Waals surface area contributed by atoms with Crippen molar-refractivity contribution in [2.75, 3.05) is 5.32 Å². The van der Waals surface area contributed by atoms with E-state index in [0.717, 1.165) is 10.6 Å². The lowest BCUT2D eigenvalue weighted by Crippen LogP contribution is -2.49. The molecule has 0 aromatic heterocycles. The summed E-state index contributed by atoms with van der Waals surface area (Å²) in [5.74, 6) is -1.00. The van der Waals surface area contributed by atoms with E-state index >= 15 is 0 Å². The number of carbonyl (C=O) groups excluding carboxylic acids is 4. The van der Waals surface area contributed by atoms with E-state index in [4.69, 9.17) is 9.47 Å². The number of hydrazone groups is 1. The molecule has 0 bridgehead atoms. The molecule has 0 heterocycles. The maximum absolute atomic E-state index is 12.9. The van der Waals surface area contributed by atoms with E-state index in [2.05, 4.69) is 21.3 Å². The molecule has 0 radical (unpaired) electrons. The number of hydrazine groups is 1. The van der Waals surface area contributed by atoms with Crippen molar-refractivity contribution in [1.82, 2.24) is 15.9 Å². The number of hydrogen-bond donors (Lipinski definition) is 3. The van der Waals surface area contributed by atoms with Gasteiger partial charge in [-0.3, -0.25) is 9.59 Å². The molecule has 1 atom stereocenters. The number of esters is 1. The molecule has 0 aliphatic heterocycles. The predicted octanol–water partition coefficient (Wildman–Crippen LogP) is 5.31. The van der Waals surface area contributed by atoms with Crippen LogP contribution in [0.5, 0.6) is 0 Å². The number of nitrogens with zero attached hydrogens (tertiary/aromatic N) is 2. The van der Waals surface area contributed by atoms with Crippen LogP contribution in [0.25, 0.3) is 0 Å². The van der Waals surface area contributed by atoms with Crippen LogP contribution >= 0.6 is 0 Å². The van der Waals surface area contributed by atoms with E-state index in [1.54, 1.807) is 69.3 Å². The second kappa shape index (κ2) is 15.0. The van der Waals surface area contributed by atoms with Gasteiger partial charge in [0.1, 0.15) is 12.2 Å². The summed E-state index contributed by atoms with van der Waals surface area (Å²) >= 11 is 0. The Morgan fingerprint density at radius 3 is 2.12 bits per heavy atom. The zero-order chi connectivity index (χ0) is 30.5. The van der Waals surface area contributed by atoms with Crippen LogP contribution in [0.2, 0.25) is 0 Å². The van der Waals surface area contributed by atoms with Crippen LogP contribution < -0.4 is 16.2 Å². The topological polar surface area (TPSA) is 138 Å². The van der Waals surface area contributed by atoms with Crippen molar-refractivity contribution in [3.05, 3.63) is 102 Å². The van der Waals surface area contributed by atoms with Crippen LogP contribution in [0.15, 0.2) is 90.0 Å². The van der Waals surface area contributed by atoms with Crippen LogP contribution in [0, 0.1) is 0 Å². The highest BCUT2D eigenvalue weighted by molar-refractivity contribution is 5.91. The first-order valence-electron chi connectivity index (χ1n) is 13.2. The Balaban J connectivity index is 1.63. The summed E-state index contributed by atoms with van der Waals surface area (Å²) in [5, 5.41) is 7.62. The Morgan fingerprint density at radius 2 is 1.52 bits per heavy atom. The Labute approximate surface area is 244 Å². The van der Waals surface area contributed by atoms with Gasteiger partial charge >= 0.3 is 18.1 Å². The lowest BCUT2D eigenvalue weighted by molar-refractivity contribution is -0.148. The third-order valence-corrected chi connectivity index (χ3v) is 5.60. The van der Waals surface area contributed by atoms with Gasteiger partial charge < -0.3 is 14.8 Å². The standard InChI is InChI=1S/C31H35N5O6/c1-22(37)36(27(25-13-9-6-10-14-25)19-28(38)41-21-24-11-7-5-8-12-24)35-29(39)33-26-17-15-23(16-18-26)20-32-34-30(40)42-31(2,3)4/h5-18,20,27H,19,21H2,1-4H3,(H,34,40)(H2,33,35,39). The Kier molecular flexibility index (Phi) is 11.2. The molecule has 3 aromatic rings. The van der Waals surface area contributed by atoms with Crippen LogP contribution in [0.3, 0.4) is 0 Å². The maximum Gasteiger partial charge on any atom is 0.428 e. The highest BCUT2D eigenvalue weighted by atomic mass is 16.6. The van der Waals surface area contributed by atoms with Crippen molar-refractivity contribution in [3.8, 4) is 0 Å². The van der Waals surface area contributed by atoms with Gasteiger partial charge in [-0.1, -0.05) is 72.8 Å². The summed E-state index contributed by atoms with van der Waals surface area (Å²) in [6, 6.07) is 23.3. The molecule has 3 N–H and O–H groups in total. The summed E-state index contributed by atoms with van der Waals surface area (Å²) in [6.07, 6.45) is 0.566. The van der Waals surface area contributed by atoms with Crippen molar-refractivity contribution in [2.24, 2.45) is 5.10 Å². The molecule has 42 heavy (non-hydrogen) atoms. The first kappa shape index (κ1) is 31.3. The number of rotatable bonds is 9. The molecule has 4 amide bonds. The number of nitrogens with one attached hydrogen (secondary N) is 3. The molecule has 0 fully saturated rings. The second-order valence-electron chi connectivity index (χ2n) is 10.2. The van der Waals surface area contributed by atoms with Crippen molar-refractivity contribution < 1.29 is 28.7 Å². The first-order chi connectivity index (χ1) is 20.0.